The van der Waals surface area contributed by atoms with Crippen molar-refractivity contribution in [1.82, 2.24) is 0 Å². The quantitative estimate of drug-likeness (QED) is 0.508. The molecule has 0 spiro atoms. The highest BCUT2D eigenvalue weighted by atomic mass is 79.9. The van der Waals surface area contributed by atoms with Crippen molar-refractivity contribution in [2.24, 2.45) is 0 Å². The van der Waals surface area contributed by atoms with E-state index in [0.29, 0.717) is 0 Å². The molecular weight excluding hydrogens is 197 g/mol. The lowest BCUT2D eigenvalue weighted by Crippen LogP contribution is -0.381. The van der Waals surface area contributed by atoms with E-state index in [9.17, 15) is 0 Å². The molecule has 0 amide bonds. The minimum absolute atomic E-state index is 0. The van der Waals surface area contributed by atoms with E-state index in [4.69, 9.17) is 0 Å². The molecule has 0 N–H and O–H groups in total. The van der Waals surface area contributed by atoms with Crippen LogP contribution < -0.4 is 0 Å². The SMILES string of the molecule is B.Br.Cl.Cl.Cl. The Morgan fingerprint density at radius 1 is 0.600 bits per heavy atom. The molecule has 0 aromatic rings. The van der Waals surface area contributed by atoms with Gasteiger partial charge in [-0.05, 0) is 0 Å². The van der Waals surface area contributed by atoms with Gasteiger partial charge in [0.1, 0.15) is 0 Å². The van der Waals surface area contributed by atoms with E-state index in [2.05, 4.69) is 0 Å². The summed E-state index contributed by atoms with van der Waals surface area (Å²) >= 11 is 0. The Bertz CT molecular complexity index is 6.85. The maximum atomic E-state index is 0. The van der Waals surface area contributed by atoms with Crippen LogP contribution in [0, 0.1) is 0 Å². The summed E-state index contributed by atoms with van der Waals surface area (Å²) in [6, 6.07) is 0. The van der Waals surface area contributed by atoms with Gasteiger partial charge in [-0.25, -0.2) is 0 Å². The maximum Gasteiger partial charge on any atom is 0.0814 e. The lowest BCUT2D eigenvalue weighted by Gasteiger charge is -0.148. The Morgan fingerprint density at radius 2 is 0.600 bits per heavy atom. The molecule has 0 unspecified atom stereocenters. The Kier molecular flexibility index (Phi) is 991. The second-order valence-electron chi connectivity index (χ2n) is 0. The van der Waals surface area contributed by atoms with Gasteiger partial charge in [0.2, 0.25) is 0 Å². The second kappa shape index (κ2) is 52.7. The number of rotatable bonds is 0. The van der Waals surface area contributed by atoms with Gasteiger partial charge >= 0.3 is 0 Å². The second-order valence-corrected chi connectivity index (χ2v) is 0. The molecule has 0 aliphatic heterocycles. The molecule has 0 saturated heterocycles. The summed E-state index contributed by atoms with van der Waals surface area (Å²) in [6.45, 7) is 0. The first-order valence-corrected chi connectivity index (χ1v) is 0. The van der Waals surface area contributed by atoms with E-state index in [0.717, 1.165) is 0 Å². The predicted octanol–water partition coefficient (Wildman–Crippen LogP) is 0.659. The highest BCUT2D eigenvalue weighted by Crippen LogP contribution is 0.846. The van der Waals surface area contributed by atoms with Crippen molar-refractivity contribution in [1.29, 1.82) is 0 Å². The van der Waals surface area contributed by atoms with Crippen LogP contribution in [-0.4, -0.2) is 8.41 Å². The third-order valence-corrected chi connectivity index (χ3v) is 0. The molecule has 5 heteroatoms. The van der Waals surface area contributed by atoms with E-state index in [1.807, 2.05) is 0 Å². The zero-order chi connectivity index (χ0) is 0. The molecular formula is H7BBrCl3. The van der Waals surface area contributed by atoms with Gasteiger partial charge in [0, 0.05) is 0 Å². The summed E-state index contributed by atoms with van der Waals surface area (Å²) < 4.78 is 0. The molecule has 0 bridgehead atoms. The largest absolute Gasteiger partial charge is 0.147 e. The lowest BCUT2D eigenvalue weighted by atomic mass is 10.8. The smallest absolute Gasteiger partial charge is 0.0814 e. The van der Waals surface area contributed by atoms with Gasteiger partial charge in [-0.2, -0.15) is 0 Å². The average molecular weight is 204 g/mol. The summed E-state index contributed by atoms with van der Waals surface area (Å²) in [6.07, 6.45) is 0. The van der Waals surface area contributed by atoms with Gasteiger partial charge in [0.15, 0.2) is 0 Å². The first-order valence-electron chi connectivity index (χ1n) is 0. The fourth-order valence-corrected chi connectivity index (χ4v) is 0. The fourth-order valence-electron chi connectivity index (χ4n) is 0. The first-order chi connectivity index (χ1) is 0. The minimum Gasteiger partial charge on any atom is -0.147 e. The van der Waals surface area contributed by atoms with Crippen molar-refractivity contribution in [3.8, 4) is 0 Å². The Morgan fingerprint density at radius 3 is 0.600 bits per heavy atom. The predicted molar refractivity (Wildman–Crippen MR) is 42.0 cm³/mol. The highest BCUT2D eigenvalue weighted by molar-refractivity contribution is 8.93. The van der Waals surface area contributed by atoms with Crippen molar-refractivity contribution in [2.75, 3.05) is 0 Å². The molecule has 0 aliphatic rings. The number of hydrogen-bond donors (Lipinski definition) is 0. The van der Waals surface area contributed by atoms with Gasteiger partial charge in [0.25, 0.3) is 0 Å². The molecule has 0 aromatic carbocycles. The molecule has 0 heterocycles. The normalized spacial score (nSPS) is 0. The molecule has 0 nitrogen and oxygen atoms in total. The van der Waals surface area contributed by atoms with Crippen LogP contribution in [0.5, 0.6) is 0 Å². The number of hydrogen-bond acceptors (Lipinski definition) is 0. The van der Waals surface area contributed by atoms with Crippen molar-refractivity contribution in [2.45, 2.75) is 0 Å². The third-order valence-electron chi connectivity index (χ3n) is 0. The van der Waals surface area contributed by atoms with Crippen LogP contribution in [0.2, 0.25) is 0 Å². The number of halogens is 4. The van der Waals surface area contributed by atoms with E-state index >= 15 is 0 Å². The van der Waals surface area contributed by atoms with Crippen molar-refractivity contribution in [3.05, 3.63) is 0 Å². The zero-order valence-corrected chi connectivity index (χ0v) is 5.80. The molecule has 0 aliphatic carbocycles. The molecule has 0 radical (unpaired) electrons. The Hall–Kier alpha value is 1.41. The molecule has 0 aromatic heterocycles. The topological polar surface area (TPSA) is 0 Å². The fraction of sp³-hybridized carbons (Fsp3) is 0. The van der Waals surface area contributed by atoms with Gasteiger partial charge in [-0.3, -0.25) is 0 Å². The van der Waals surface area contributed by atoms with Gasteiger partial charge < -0.3 is 0 Å². The average Bonchev–Trinajstić information content (AvgIpc) is 0. The first kappa shape index (κ1) is 94.0. The van der Waals surface area contributed by atoms with E-state index in [-0.39, 0.29) is 62.6 Å². The molecule has 0 atom stereocenters. The summed E-state index contributed by atoms with van der Waals surface area (Å²) in [4.78, 5) is 0. The summed E-state index contributed by atoms with van der Waals surface area (Å²) in [5.41, 5.74) is 0. The van der Waals surface area contributed by atoms with Crippen molar-refractivity contribution >= 4 is 62.6 Å². The summed E-state index contributed by atoms with van der Waals surface area (Å²) in [5, 5.41) is 0. The standard InChI is InChI=1S/BH3.BrH.3ClH/h1H3;4*1H. The maximum absolute atomic E-state index is 0. The Labute approximate surface area is 62.7 Å². The van der Waals surface area contributed by atoms with E-state index in [1.54, 1.807) is 0 Å². The molecule has 5 heavy (non-hydrogen) atoms. The van der Waals surface area contributed by atoms with Crippen molar-refractivity contribution in [3.63, 3.8) is 0 Å². The van der Waals surface area contributed by atoms with Gasteiger partial charge in [-0.1, -0.05) is 0 Å². The molecule has 0 saturated carbocycles. The highest BCUT2D eigenvalue weighted by Gasteiger charge is 0.0814. The van der Waals surface area contributed by atoms with Crippen LogP contribution in [0.15, 0.2) is 0 Å². The van der Waals surface area contributed by atoms with Crippen LogP contribution in [0.25, 0.3) is 0 Å². The summed E-state index contributed by atoms with van der Waals surface area (Å²) in [7, 11) is 0. The van der Waals surface area contributed by atoms with Crippen molar-refractivity contribution < 1.29 is 0 Å². The molecule has 0 rings (SSSR count). The van der Waals surface area contributed by atoms with Crippen LogP contribution >= 0.6 is 54.2 Å². The molecule has 0 fully saturated rings. The van der Waals surface area contributed by atoms with Crippen LogP contribution in [-0.2, 0) is 0 Å². The van der Waals surface area contributed by atoms with E-state index < -0.39 is 0 Å². The minimum atomic E-state index is 0. The van der Waals surface area contributed by atoms with Gasteiger partial charge in [0.05, 0.1) is 8.41 Å². The van der Waals surface area contributed by atoms with Gasteiger partial charge in [-0.15, -0.1) is 54.2 Å². The Balaban J connectivity index is 0. The van der Waals surface area contributed by atoms with Crippen LogP contribution in [0.1, 0.15) is 0 Å². The zero-order valence-electron chi connectivity index (χ0n) is 1.63. The van der Waals surface area contributed by atoms with E-state index in [1.165, 1.54) is 0 Å². The van der Waals surface area contributed by atoms with Crippen LogP contribution in [0.4, 0.5) is 0 Å². The van der Waals surface area contributed by atoms with Crippen LogP contribution in [0.3, 0.4) is 0 Å². The monoisotopic (exact) mass is 202 g/mol. The third kappa shape index (κ3) is 31.5. The summed E-state index contributed by atoms with van der Waals surface area (Å²) in [5.74, 6) is 0. The molecule has 38 valence electrons. The lowest BCUT2D eigenvalue weighted by molar-refractivity contribution is 5.75.